The van der Waals surface area contributed by atoms with Gasteiger partial charge >= 0.3 is 0 Å². The second kappa shape index (κ2) is 8.07. The van der Waals surface area contributed by atoms with Crippen LogP contribution in [0.2, 0.25) is 10.0 Å². The molecule has 0 aliphatic carbocycles. The third-order valence-corrected chi connectivity index (χ3v) is 5.07. The average molecular weight is 412 g/mol. The van der Waals surface area contributed by atoms with Gasteiger partial charge in [0.25, 0.3) is 0 Å². The third kappa shape index (κ3) is 3.62. The monoisotopic (exact) mass is 411 g/mol. The van der Waals surface area contributed by atoms with Gasteiger partial charge in [0.05, 0.1) is 22.2 Å². The molecule has 140 valence electrons. The Kier molecular flexibility index (Phi) is 5.35. The molecule has 0 amide bonds. The molecule has 4 nitrogen and oxygen atoms in total. The normalized spacial score (nSPS) is 10.8. The molecular weight excluding hydrogens is 397 g/mol. The van der Waals surface area contributed by atoms with E-state index in [1.54, 1.807) is 18.2 Å². The van der Waals surface area contributed by atoms with Crippen LogP contribution in [-0.2, 0) is 6.61 Å². The maximum absolute atomic E-state index is 9.92. The van der Waals surface area contributed by atoms with Gasteiger partial charge in [0, 0.05) is 11.1 Å². The molecular formula is C22H15Cl2NO3. The first kappa shape index (κ1) is 18.6. The van der Waals surface area contributed by atoms with Crippen LogP contribution in [0.5, 0.6) is 11.5 Å². The molecule has 0 atom stereocenters. The lowest BCUT2D eigenvalue weighted by Crippen LogP contribution is -1.90. The summed E-state index contributed by atoms with van der Waals surface area (Å²) in [6.45, 7) is -0.251. The summed E-state index contributed by atoms with van der Waals surface area (Å²) in [5.41, 5.74) is 2.46. The first-order valence-corrected chi connectivity index (χ1v) is 9.30. The van der Waals surface area contributed by atoms with E-state index >= 15 is 0 Å². The van der Waals surface area contributed by atoms with Gasteiger partial charge in [-0.3, -0.25) is 0 Å². The molecule has 0 unspecified atom stereocenters. The lowest BCUT2D eigenvalue weighted by Gasteiger charge is -2.07. The molecule has 0 saturated heterocycles. The summed E-state index contributed by atoms with van der Waals surface area (Å²) >= 11 is 12.4. The molecule has 0 spiro atoms. The summed E-state index contributed by atoms with van der Waals surface area (Å²) in [5.74, 6) is 1.85. The van der Waals surface area contributed by atoms with Gasteiger partial charge in [0.15, 0.2) is 5.76 Å². The van der Waals surface area contributed by atoms with Crippen molar-refractivity contribution in [2.45, 2.75) is 6.61 Å². The Morgan fingerprint density at radius 3 is 2.29 bits per heavy atom. The van der Waals surface area contributed by atoms with Gasteiger partial charge in [-0.15, -0.1) is 0 Å². The average Bonchev–Trinajstić information content (AvgIpc) is 3.15. The van der Waals surface area contributed by atoms with Crippen molar-refractivity contribution in [1.29, 1.82) is 0 Å². The fraction of sp³-hybridized carbons (Fsp3) is 0.0455. The second-order valence-corrected chi connectivity index (χ2v) is 6.82. The second-order valence-electron chi connectivity index (χ2n) is 6.04. The molecule has 0 aliphatic rings. The summed E-state index contributed by atoms with van der Waals surface area (Å²) in [6.07, 6.45) is 0. The molecule has 3 aromatic carbocycles. The Morgan fingerprint density at radius 2 is 1.57 bits per heavy atom. The van der Waals surface area contributed by atoms with Crippen molar-refractivity contribution >= 4 is 23.2 Å². The minimum atomic E-state index is -0.251. The van der Waals surface area contributed by atoms with Crippen molar-refractivity contribution in [2.75, 3.05) is 0 Å². The standard InChI is InChI=1S/C22H15Cl2NO3/c23-19-8-4-7-17(20(19)24)22-18(13-26)21(25-28-22)14-9-11-16(12-10-14)27-15-5-2-1-3-6-15/h1-12,26H,13H2. The van der Waals surface area contributed by atoms with E-state index in [2.05, 4.69) is 5.16 Å². The Morgan fingerprint density at radius 1 is 0.857 bits per heavy atom. The highest BCUT2D eigenvalue weighted by atomic mass is 35.5. The predicted octanol–water partition coefficient (Wildman–Crippen LogP) is 6.60. The van der Waals surface area contributed by atoms with Crippen LogP contribution in [0, 0.1) is 0 Å². The van der Waals surface area contributed by atoms with Crippen molar-refractivity contribution in [2.24, 2.45) is 0 Å². The highest BCUT2D eigenvalue weighted by molar-refractivity contribution is 6.43. The number of nitrogens with zero attached hydrogens (tertiary/aromatic N) is 1. The molecule has 1 aromatic heterocycles. The van der Waals surface area contributed by atoms with E-state index in [4.69, 9.17) is 32.5 Å². The first-order valence-electron chi connectivity index (χ1n) is 8.54. The van der Waals surface area contributed by atoms with Crippen molar-refractivity contribution in [3.8, 4) is 34.1 Å². The molecule has 0 fully saturated rings. The van der Waals surface area contributed by atoms with Crippen molar-refractivity contribution in [3.05, 3.63) is 88.4 Å². The van der Waals surface area contributed by atoms with Gasteiger partial charge in [-0.1, -0.05) is 52.6 Å². The molecule has 28 heavy (non-hydrogen) atoms. The lowest BCUT2D eigenvalue weighted by atomic mass is 10.0. The van der Waals surface area contributed by atoms with E-state index in [0.29, 0.717) is 38.4 Å². The molecule has 0 bridgehead atoms. The number of halogens is 2. The fourth-order valence-electron chi connectivity index (χ4n) is 2.88. The molecule has 0 saturated carbocycles. The third-order valence-electron chi connectivity index (χ3n) is 4.25. The van der Waals surface area contributed by atoms with Crippen molar-refractivity contribution < 1.29 is 14.4 Å². The van der Waals surface area contributed by atoms with Crippen LogP contribution in [0.25, 0.3) is 22.6 Å². The number of aliphatic hydroxyl groups is 1. The summed E-state index contributed by atoms with van der Waals surface area (Å²) < 4.78 is 11.3. The Labute approximate surface area is 171 Å². The van der Waals surface area contributed by atoms with Crippen molar-refractivity contribution in [1.82, 2.24) is 5.16 Å². The summed E-state index contributed by atoms with van der Waals surface area (Å²) in [4.78, 5) is 0. The SMILES string of the molecule is OCc1c(-c2ccc(Oc3ccccc3)cc2)noc1-c1cccc(Cl)c1Cl. The van der Waals surface area contributed by atoms with E-state index in [1.807, 2.05) is 54.6 Å². The zero-order valence-electron chi connectivity index (χ0n) is 14.6. The molecule has 0 radical (unpaired) electrons. The summed E-state index contributed by atoms with van der Waals surface area (Å²) in [7, 11) is 0. The van der Waals surface area contributed by atoms with Crippen LogP contribution in [0.4, 0.5) is 0 Å². The highest BCUT2D eigenvalue weighted by Crippen LogP contribution is 2.39. The lowest BCUT2D eigenvalue weighted by molar-refractivity contribution is 0.281. The number of ether oxygens (including phenoxy) is 1. The molecule has 0 aliphatic heterocycles. The Balaban J connectivity index is 1.66. The largest absolute Gasteiger partial charge is 0.457 e. The molecule has 4 aromatic rings. The Hall–Kier alpha value is -2.79. The van der Waals surface area contributed by atoms with Crippen LogP contribution < -0.4 is 4.74 Å². The maximum Gasteiger partial charge on any atom is 0.174 e. The van der Waals surface area contributed by atoms with Crippen LogP contribution in [0.15, 0.2) is 77.3 Å². The van der Waals surface area contributed by atoms with Gasteiger partial charge < -0.3 is 14.4 Å². The molecule has 6 heteroatoms. The zero-order chi connectivity index (χ0) is 19.5. The van der Waals surface area contributed by atoms with E-state index in [0.717, 1.165) is 11.3 Å². The van der Waals surface area contributed by atoms with E-state index in [-0.39, 0.29) is 6.61 Å². The van der Waals surface area contributed by atoms with Crippen LogP contribution in [-0.4, -0.2) is 10.3 Å². The van der Waals surface area contributed by atoms with Crippen LogP contribution in [0.3, 0.4) is 0 Å². The van der Waals surface area contributed by atoms with Crippen LogP contribution in [0.1, 0.15) is 5.56 Å². The number of rotatable bonds is 5. The number of para-hydroxylation sites is 1. The van der Waals surface area contributed by atoms with Gasteiger partial charge in [-0.2, -0.15) is 0 Å². The summed E-state index contributed by atoms with van der Waals surface area (Å²) in [6, 6.07) is 22.1. The number of aromatic nitrogens is 1. The van der Waals surface area contributed by atoms with E-state index in [9.17, 15) is 5.11 Å². The Bertz CT molecular complexity index is 1090. The molecule has 4 rings (SSSR count). The van der Waals surface area contributed by atoms with Gasteiger partial charge in [-0.25, -0.2) is 0 Å². The predicted molar refractivity (Wildman–Crippen MR) is 110 cm³/mol. The van der Waals surface area contributed by atoms with Gasteiger partial charge in [-0.05, 0) is 48.5 Å². The van der Waals surface area contributed by atoms with Crippen LogP contribution >= 0.6 is 23.2 Å². The first-order chi connectivity index (χ1) is 13.7. The highest BCUT2D eigenvalue weighted by Gasteiger charge is 2.21. The van der Waals surface area contributed by atoms with Gasteiger partial charge in [0.1, 0.15) is 17.2 Å². The number of aliphatic hydroxyl groups excluding tert-OH is 1. The molecule has 1 heterocycles. The minimum absolute atomic E-state index is 0.251. The minimum Gasteiger partial charge on any atom is -0.457 e. The van der Waals surface area contributed by atoms with Crippen molar-refractivity contribution in [3.63, 3.8) is 0 Å². The quantitative estimate of drug-likeness (QED) is 0.401. The summed E-state index contributed by atoms with van der Waals surface area (Å²) in [5, 5.41) is 14.8. The van der Waals surface area contributed by atoms with E-state index < -0.39 is 0 Å². The smallest absolute Gasteiger partial charge is 0.174 e. The zero-order valence-corrected chi connectivity index (χ0v) is 16.1. The molecule has 1 N–H and O–H groups in total. The number of hydrogen-bond donors (Lipinski definition) is 1. The topological polar surface area (TPSA) is 55.5 Å². The number of benzene rings is 3. The number of hydrogen-bond acceptors (Lipinski definition) is 4. The fourth-order valence-corrected chi connectivity index (χ4v) is 3.27. The maximum atomic E-state index is 9.92. The van der Waals surface area contributed by atoms with E-state index in [1.165, 1.54) is 0 Å². The van der Waals surface area contributed by atoms with Gasteiger partial charge in [0.2, 0.25) is 0 Å².